The van der Waals surface area contributed by atoms with Gasteiger partial charge in [-0.05, 0) is 36.7 Å². The summed E-state index contributed by atoms with van der Waals surface area (Å²) in [7, 11) is 1.50. The van der Waals surface area contributed by atoms with Gasteiger partial charge in [0.1, 0.15) is 12.3 Å². The van der Waals surface area contributed by atoms with Crippen molar-refractivity contribution in [3.63, 3.8) is 0 Å². The van der Waals surface area contributed by atoms with E-state index in [2.05, 4.69) is 5.32 Å². The summed E-state index contributed by atoms with van der Waals surface area (Å²) in [5.74, 6) is 0.645. The van der Waals surface area contributed by atoms with E-state index in [4.69, 9.17) is 18.9 Å². The summed E-state index contributed by atoms with van der Waals surface area (Å²) in [5.41, 5.74) is 0.574. The summed E-state index contributed by atoms with van der Waals surface area (Å²) in [6.07, 6.45) is 3.41. The largest absolute Gasteiger partial charge is 0.496 e. The fraction of sp³-hybridized carbons (Fsp3) is 0.421. The third-order valence-corrected chi connectivity index (χ3v) is 5.65. The predicted molar refractivity (Wildman–Crippen MR) is 104 cm³/mol. The minimum atomic E-state index is -0.521. The smallest absolute Gasteiger partial charge is 0.294 e. The second-order valence-corrected chi connectivity index (χ2v) is 7.65. The fourth-order valence-electron chi connectivity index (χ4n) is 3.24. The van der Waals surface area contributed by atoms with E-state index in [1.807, 2.05) is 0 Å². The zero-order valence-corrected chi connectivity index (χ0v) is 16.6. The van der Waals surface area contributed by atoms with Crippen LogP contribution in [0.1, 0.15) is 18.4 Å². The molecule has 9 nitrogen and oxygen atoms in total. The number of thioether (sulfide) groups is 1. The molecule has 0 spiro atoms. The molecule has 3 heterocycles. The van der Waals surface area contributed by atoms with Gasteiger partial charge in [-0.15, -0.1) is 0 Å². The molecule has 4 rings (SSSR count). The minimum Gasteiger partial charge on any atom is -0.496 e. The Labute approximate surface area is 171 Å². The maximum atomic E-state index is 12.7. The molecule has 29 heavy (non-hydrogen) atoms. The van der Waals surface area contributed by atoms with Crippen molar-refractivity contribution in [1.82, 2.24) is 10.2 Å². The Morgan fingerprint density at radius 3 is 2.86 bits per heavy atom. The van der Waals surface area contributed by atoms with Crippen LogP contribution in [0.15, 0.2) is 17.0 Å². The van der Waals surface area contributed by atoms with E-state index < -0.39 is 17.1 Å². The maximum absolute atomic E-state index is 12.7. The Bertz CT molecular complexity index is 880. The van der Waals surface area contributed by atoms with Gasteiger partial charge in [0.25, 0.3) is 11.1 Å². The summed E-state index contributed by atoms with van der Waals surface area (Å²) < 4.78 is 21.5. The molecule has 0 saturated carbocycles. The third-order valence-electron chi connectivity index (χ3n) is 4.74. The molecular formula is C19H20N2O7S. The van der Waals surface area contributed by atoms with Crippen molar-refractivity contribution in [3.8, 4) is 17.2 Å². The summed E-state index contributed by atoms with van der Waals surface area (Å²) >= 11 is 0.781. The molecule has 3 aliphatic heterocycles. The molecule has 1 N–H and O–H groups in total. The normalized spacial score (nSPS) is 21.9. The first-order valence-corrected chi connectivity index (χ1v) is 9.98. The van der Waals surface area contributed by atoms with Gasteiger partial charge in [0.2, 0.25) is 12.7 Å². The standard InChI is InChI=1S/C19H20N2O7S/c1-25-13-7-15-14(27-10-28-15)5-11(13)6-16-18(23)21(19(24)29-16)9-17(22)20-8-12-3-2-4-26-12/h5-7,12H,2-4,8-10H2,1H3,(H,20,22)/b16-6-/t12-/m0/s1. The van der Waals surface area contributed by atoms with Crippen molar-refractivity contribution in [2.24, 2.45) is 0 Å². The van der Waals surface area contributed by atoms with E-state index in [0.29, 0.717) is 36.0 Å². The van der Waals surface area contributed by atoms with Crippen LogP contribution in [0.5, 0.6) is 17.2 Å². The molecule has 1 aromatic carbocycles. The molecule has 0 unspecified atom stereocenters. The lowest BCUT2D eigenvalue weighted by molar-refractivity contribution is -0.129. The van der Waals surface area contributed by atoms with Crippen molar-refractivity contribution in [3.05, 3.63) is 22.6 Å². The van der Waals surface area contributed by atoms with E-state index in [-0.39, 0.29) is 24.3 Å². The maximum Gasteiger partial charge on any atom is 0.294 e. The van der Waals surface area contributed by atoms with Crippen molar-refractivity contribution in [1.29, 1.82) is 0 Å². The molecule has 3 amide bonds. The Morgan fingerprint density at radius 1 is 1.34 bits per heavy atom. The van der Waals surface area contributed by atoms with Crippen LogP contribution < -0.4 is 19.5 Å². The lowest BCUT2D eigenvalue weighted by Gasteiger charge is -2.14. The lowest BCUT2D eigenvalue weighted by atomic mass is 10.1. The first-order chi connectivity index (χ1) is 14.0. The molecule has 0 aliphatic carbocycles. The van der Waals surface area contributed by atoms with Gasteiger partial charge in [-0.25, -0.2) is 0 Å². The topological polar surface area (TPSA) is 103 Å². The SMILES string of the molecule is COc1cc2c(cc1/C=C1\SC(=O)N(CC(=O)NC[C@@H]3CCCO3)C1=O)OCO2. The number of nitrogens with one attached hydrogen (secondary N) is 1. The Morgan fingerprint density at radius 2 is 2.14 bits per heavy atom. The van der Waals surface area contributed by atoms with Crippen LogP contribution in [0.25, 0.3) is 6.08 Å². The Balaban J connectivity index is 1.44. The number of fused-ring (bicyclic) bond motifs is 1. The molecule has 0 radical (unpaired) electrons. The summed E-state index contributed by atoms with van der Waals surface area (Å²) in [5, 5.41) is 2.22. The monoisotopic (exact) mass is 420 g/mol. The van der Waals surface area contributed by atoms with Gasteiger partial charge in [-0.3, -0.25) is 19.3 Å². The minimum absolute atomic E-state index is 0.00719. The molecular weight excluding hydrogens is 400 g/mol. The number of rotatable bonds is 6. The highest BCUT2D eigenvalue weighted by molar-refractivity contribution is 8.18. The number of ether oxygens (including phenoxy) is 4. The quantitative estimate of drug-likeness (QED) is 0.695. The summed E-state index contributed by atoms with van der Waals surface area (Å²) in [4.78, 5) is 38.2. The van der Waals surface area contributed by atoms with Crippen LogP contribution in [-0.2, 0) is 14.3 Å². The van der Waals surface area contributed by atoms with Gasteiger partial charge < -0.3 is 24.3 Å². The van der Waals surface area contributed by atoms with Gasteiger partial charge in [-0.1, -0.05) is 0 Å². The second kappa shape index (κ2) is 8.34. The van der Waals surface area contributed by atoms with Gasteiger partial charge in [0, 0.05) is 24.8 Å². The molecule has 0 bridgehead atoms. The molecule has 3 aliphatic rings. The fourth-order valence-corrected chi connectivity index (χ4v) is 4.07. The number of carbonyl (C=O) groups is 3. The van der Waals surface area contributed by atoms with E-state index >= 15 is 0 Å². The van der Waals surface area contributed by atoms with E-state index in [1.54, 1.807) is 18.2 Å². The van der Waals surface area contributed by atoms with Crippen LogP contribution in [0.3, 0.4) is 0 Å². The van der Waals surface area contributed by atoms with Crippen molar-refractivity contribution in [2.75, 3.05) is 33.6 Å². The molecule has 1 atom stereocenters. The molecule has 10 heteroatoms. The van der Waals surface area contributed by atoms with Crippen molar-refractivity contribution >= 4 is 34.9 Å². The number of imide groups is 1. The number of nitrogens with zero attached hydrogens (tertiary/aromatic N) is 1. The molecule has 154 valence electrons. The average Bonchev–Trinajstić information content (AvgIpc) is 3.44. The predicted octanol–water partition coefficient (Wildman–Crippen LogP) is 1.76. The van der Waals surface area contributed by atoms with E-state index in [1.165, 1.54) is 7.11 Å². The first kappa shape index (κ1) is 19.6. The number of benzene rings is 1. The van der Waals surface area contributed by atoms with Crippen LogP contribution in [-0.4, -0.2) is 61.7 Å². The van der Waals surface area contributed by atoms with Crippen LogP contribution in [0.2, 0.25) is 0 Å². The molecule has 0 aromatic heterocycles. The van der Waals surface area contributed by atoms with Crippen molar-refractivity contribution in [2.45, 2.75) is 18.9 Å². The zero-order valence-electron chi connectivity index (χ0n) is 15.8. The molecule has 2 saturated heterocycles. The number of methoxy groups -OCH3 is 1. The number of carbonyl (C=O) groups excluding carboxylic acids is 3. The average molecular weight is 420 g/mol. The highest BCUT2D eigenvalue weighted by Crippen LogP contribution is 2.40. The van der Waals surface area contributed by atoms with Crippen LogP contribution in [0.4, 0.5) is 4.79 Å². The number of amides is 3. The lowest BCUT2D eigenvalue weighted by Crippen LogP contribution is -2.41. The van der Waals surface area contributed by atoms with Gasteiger partial charge in [-0.2, -0.15) is 0 Å². The number of hydrogen-bond donors (Lipinski definition) is 1. The third kappa shape index (κ3) is 4.18. The second-order valence-electron chi connectivity index (χ2n) is 6.65. The summed E-state index contributed by atoms with van der Waals surface area (Å²) in [6, 6.07) is 3.35. The zero-order chi connectivity index (χ0) is 20.4. The van der Waals surface area contributed by atoms with Crippen LogP contribution >= 0.6 is 11.8 Å². The van der Waals surface area contributed by atoms with E-state index in [9.17, 15) is 14.4 Å². The Hall–Kier alpha value is -2.72. The summed E-state index contributed by atoms with van der Waals surface area (Å²) in [6.45, 7) is 0.851. The van der Waals surface area contributed by atoms with E-state index in [0.717, 1.165) is 29.5 Å². The molecule has 2 fully saturated rings. The van der Waals surface area contributed by atoms with Gasteiger partial charge >= 0.3 is 0 Å². The van der Waals surface area contributed by atoms with Crippen LogP contribution in [0, 0.1) is 0 Å². The first-order valence-electron chi connectivity index (χ1n) is 9.16. The highest BCUT2D eigenvalue weighted by Gasteiger charge is 2.36. The highest BCUT2D eigenvalue weighted by atomic mass is 32.2. The van der Waals surface area contributed by atoms with Gasteiger partial charge in [0.05, 0.1) is 18.1 Å². The molecule has 1 aromatic rings. The van der Waals surface area contributed by atoms with Gasteiger partial charge in [0.15, 0.2) is 11.5 Å². The Kier molecular flexibility index (Phi) is 5.63. The number of hydrogen-bond acceptors (Lipinski definition) is 8. The van der Waals surface area contributed by atoms with Crippen molar-refractivity contribution < 1.29 is 33.3 Å².